The molecule has 3 heterocycles. The van der Waals surface area contributed by atoms with Crippen LogP contribution in [0.4, 0.5) is 5.69 Å². The van der Waals surface area contributed by atoms with Gasteiger partial charge in [0.15, 0.2) is 0 Å². The average molecular weight is 466 g/mol. The number of hydrogen-bond acceptors (Lipinski definition) is 1. The van der Waals surface area contributed by atoms with Crippen LogP contribution in [0.15, 0.2) is 91.1 Å². The van der Waals surface area contributed by atoms with Crippen LogP contribution in [0.3, 0.4) is 0 Å². The van der Waals surface area contributed by atoms with E-state index in [0.29, 0.717) is 16.4 Å². The van der Waals surface area contributed by atoms with E-state index in [1.807, 2.05) is 42.5 Å². The van der Waals surface area contributed by atoms with Crippen molar-refractivity contribution in [2.75, 3.05) is 5.32 Å². The zero-order chi connectivity index (χ0) is 23.1. The molecule has 6 rings (SSSR count). The highest BCUT2D eigenvalue weighted by molar-refractivity contribution is 6.34. The third-order valence-electron chi connectivity index (χ3n) is 6.60. The van der Waals surface area contributed by atoms with Gasteiger partial charge in [0.25, 0.3) is 5.91 Å². The molecule has 0 fully saturated rings. The van der Waals surface area contributed by atoms with E-state index in [2.05, 4.69) is 56.9 Å². The number of rotatable bonds is 4. The van der Waals surface area contributed by atoms with Crippen molar-refractivity contribution in [3.63, 3.8) is 0 Å². The van der Waals surface area contributed by atoms with E-state index in [4.69, 9.17) is 11.6 Å². The number of imidazole rings is 1. The van der Waals surface area contributed by atoms with Gasteiger partial charge in [-0.15, -0.1) is 0 Å². The molecule has 168 valence electrons. The third kappa shape index (κ3) is 3.42. The van der Waals surface area contributed by atoms with Gasteiger partial charge in [-0.25, -0.2) is 0 Å². The van der Waals surface area contributed by atoms with Gasteiger partial charge in [0.05, 0.1) is 16.4 Å². The van der Waals surface area contributed by atoms with Crippen molar-refractivity contribution in [2.24, 2.45) is 0 Å². The highest BCUT2D eigenvalue weighted by Crippen LogP contribution is 2.39. The molecule has 0 spiro atoms. The predicted octanol–water partition coefficient (Wildman–Crippen LogP) is 7.32. The molecule has 0 radical (unpaired) electrons. The van der Waals surface area contributed by atoms with Gasteiger partial charge in [0.2, 0.25) is 0 Å². The summed E-state index contributed by atoms with van der Waals surface area (Å²) in [6.45, 7) is 0.928. The Morgan fingerprint density at radius 3 is 2.24 bits per heavy atom. The number of nitrogens with zero attached hydrogens (tertiary/aromatic N) is 2. The van der Waals surface area contributed by atoms with E-state index in [-0.39, 0.29) is 5.91 Å². The SMILES string of the molecule is O=C(Nc1ccccc1Cl)c1c(-c2ccccc2)c2c3n(c(-c4ccccc4)cn13)CCCC2. The van der Waals surface area contributed by atoms with Gasteiger partial charge in [0, 0.05) is 23.9 Å². The van der Waals surface area contributed by atoms with Crippen molar-refractivity contribution in [3.8, 4) is 22.4 Å². The fourth-order valence-electron chi connectivity index (χ4n) is 5.11. The number of aromatic nitrogens is 2. The normalized spacial score (nSPS) is 13.1. The topological polar surface area (TPSA) is 38.4 Å². The summed E-state index contributed by atoms with van der Waals surface area (Å²) in [5, 5.41) is 3.59. The Kier molecular flexibility index (Phi) is 5.23. The lowest BCUT2D eigenvalue weighted by molar-refractivity contribution is 0.102. The fraction of sp³-hybridized carbons (Fsp3) is 0.138. The van der Waals surface area contributed by atoms with E-state index in [0.717, 1.165) is 53.8 Å². The number of halogens is 1. The molecule has 4 nitrogen and oxygen atoms in total. The zero-order valence-corrected chi connectivity index (χ0v) is 19.4. The van der Waals surface area contributed by atoms with Crippen molar-refractivity contribution >= 4 is 28.8 Å². The first-order valence-electron chi connectivity index (χ1n) is 11.7. The molecule has 0 saturated carbocycles. The lowest BCUT2D eigenvalue weighted by atomic mass is 9.98. The standard InChI is InChI=1S/C29H24ClN3O/c30-23-16-7-8-17-24(23)31-28(34)27-26(21-13-5-2-6-14-21)22-15-9-10-18-32-25(19-33(27)29(22)32)20-11-3-1-4-12-20/h1-8,11-14,16-17,19H,9-10,15,18H2,(H,31,34). The number of benzene rings is 3. The molecular formula is C29H24ClN3O. The van der Waals surface area contributed by atoms with Gasteiger partial charge in [-0.2, -0.15) is 0 Å². The average Bonchev–Trinajstić information content (AvgIpc) is 3.29. The second-order valence-electron chi connectivity index (χ2n) is 8.68. The van der Waals surface area contributed by atoms with Gasteiger partial charge >= 0.3 is 0 Å². The lowest BCUT2D eigenvalue weighted by Gasteiger charge is -2.11. The first-order valence-corrected chi connectivity index (χ1v) is 12.0. The molecule has 1 amide bonds. The van der Waals surface area contributed by atoms with Crippen LogP contribution in [0, 0.1) is 0 Å². The Morgan fingerprint density at radius 1 is 0.824 bits per heavy atom. The minimum atomic E-state index is -0.162. The van der Waals surface area contributed by atoms with E-state index in [1.54, 1.807) is 6.07 Å². The number of aryl methyl sites for hydroxylation is 2. The third-order valence-corrected chi connectivity index (χ3v) is 6.93. The van der Waals surface area contributed by atoms with Crippen molar-refractivity contribution in [3.05, 3.63) is 107 Å². The predicted molar refractivity (Wildman–Crippen MR) is 139 cm³/mol. The van der Waals surface area contributed by atoms with E-state index in [1.165, 1.54) is 5.56 Å². The minimum Gasteiger partial charge on any atom is -0.325 e. The first kappa shape index (κ1) is 20.8. The quantitative estimate of drug-likeness (QED) is 0.296. The molecule has 3 aromatic carbocycles. The number of hydrogen-bond donors (Lipinski definition) is 1. The highest BCUT2D eigenvalue weighted by atomic mass is 35.5. The summed E-state index contributed by atoms with van der Waals surface area (Å²) in [7, 11) is 0. The second-order valence-corrected chi connectivity index (χ2v) is 9.09. The van der Waals surface area contributed by atoms with Gasteiger partial charge in [0.1, 0.15) is 11.3 Å². The Labute approximate surface area is 203 Å². The van der Waals surface area contributed by atoms with Gasteiger partial charge < -0.3 is 9.88 Å². The zero-order valence-electron chi connectivity index (χ0n) is 18.7. The largest absolute Gasteiger partial charge is 0.325 e. The molecule has 5 heteroatoms. The number of anilines is 1. The highest BCUT2D eigenvalue weighted by Gasteiger charge is 2.29. The first-order chi connectivity index (χ1) is 16.7. The van der Waals surface area contributed by atoms with Crippen LogP contribution in [0.5, 0.6) is 0 Å². The summed E-state index contributed by atoms with van der Waals surface area (Å²) >= 11 is 6.38. The number of para-hydroxylation sites is 1. The van der Waals surface area contributed by atoms with Crippen LogP contribution in [0.2, 0.25) is 5.02 Å². The summed E-state index contributed by atoms with van der Waals surface area (Å²) < 4.78 is 4.48. The Bertz CT molecular complexity index is 1500. The van der Waals surface area contributed by atoms with Crippen LogP contribution in [-0.4, -0.2) is 14.9 Å². The Balaban J connectivity index is 1.62. The van der Waals surface area contributed by atoms with Crippen molar-refractivity contribution in [1.82, 2.24) is 8.97 Å². The molecular weight excluding hydrogens is 442 g/mol. The van der Waals surface area contributed by atoms with E-state index >= 15 is 0 Å². The van der Waals surface area contributed by atoms with Crippen LogP contribution in [-0.2, 0) is 13.0 Å². The van der Waals surface area contributed by atoms with Crippen molar-refractivity contribution in [2.45, 2.75) is 25.8 Å². The molecule has 1 N–H and O–H groups in total. The summed E-state index contributed by atoms with van der Waals surface area (Å²) in [5.41, 5.74) is 7.95. The number of amides is 1. The maximum Gasteiger partial charge on any atom is 0.273 e. The molecule has 0 atom stereocenters. The van der Waals surface area contributed by atoms with Crippen molar-refractivity contribution < 1.29 is 4.79 Å². The summed E-state index contributed by atoms with van der Waals surface area (Å²) in [5.74, 6) is -0.162. The Hall–Kier alpha value is -3.76. The molecule has 5 aromatic rings. The Morgan fingerprint density at radius 2 is 1.50 bits per heavy atom. The van der Waals surface area contributed by atoms with Crippen LogP contribution >= 0.6 is 11.6 Å². The monoisotopic (exact) mass is 465 g/mol. The lowest BCUT2D eigenvalue weighted by Crippen LogP contribution is -2.15. The smallest absolute Gasteiger partial charge is 0.273 e. The number of carbonyl (C=O) groups excluding carboxylic acids is 1. The van der Waals surface area contributed by atoms with Gasteiger partial charge in [-0.3, -0.25) is 9.20 Å². The number of carbonyl (C=O) groups is 1. The molecule has 2 aromatic heterocycles. The van der Waals surface area contributed by atoms with Crippen LogP contribution < -0.4 is 5.32 Å². The molecule has 0 unspecified atom stereocenters. The minimum absolute atomic E-state index is 0.162. The molecule has 1 aliphatic rings. The summed E-state index contributed by atoms with van der Waals surface area (Å²) in [6, 6.07) is 28.0. The molecule has 0 aliphatic carbocycles. The number of nitrogens with one attached hydrogen (secondary N) is 1. The molecule has 1 aliphatic heterocycles. The fourth-order valence-corrected chi connectivity index (χ4v) is 5.29. The van der Waals surface area contributed by atoms with Crippen molar-refractivity contribution in [1.29, 1.82) is 0 Å². The van der Waals surface area contributed by atoms with E-state index < -0.39 is 0 Å². The maximum absolute atomic E-state index is 13.9. The van der Waals surface area contributed by atoms with Crippen LogP contribution in [0.1, 0.15) is 28.9 Å². The summed E-state index contributed by atoms with van der Waals surface area (Å²) in [4.78, 5) is 13.9. The van der Waals surface area contributed by atoms with Gasteiger partial charge in [-0.05, 0) is 42.5 Å². The molecule has 34 heavy (non-hydrogen) atoms. The maximum atomic E-state index is 13.9. The van der Waals surface area contributed by atoms with E-state index in [9.17, 15) is 4.79 Å². The van der Waals surface area contributed by atoms with Gasteiger partial charge in [-0.1, -0.05) is 84.4 Å². The van der Waals surface area contributed by atoms with Crippen LogP contribution in [0.25, 0.3) is 28.0 Å². The second kappa shape index (κ2) is 8.54. The molecule has 0 saturated heterocycles. The molecule has 0 bridgehead atoms. The summed E-state index contributed by atoms with van der Waals surface area (Å²) in [6.07, 6.45) is 5.24.